The molecule has 0 fully saturated rings. The number of aromatic nitrogens is 3. The number of carbonyl (C=O) groups excluding carboxylic acids is 2. The molecule has 0 unspecified atom stereocenters. The highest BCUT2D eigenvalue weighted by molar-refractivity contribution is 7.99. The number of amides is 2. The normalized spacial score (nSPS) is 10.7. The van der Waals surface area contributed by atoms with Crippen LogP contribution < -0.4 is 11.1 Å². The van der Waals surface area contributed by atoms with Gasteiger partial charge in [0, 0.05) is 11.3 Å². The Bertz CT molecular complexity index is 1220. The van der Waals surface area contributed by atoms with Crippen LogP contribution in [0, 0.1) is 5.82 Å². The fourth-order valence-electron chi connectivity index (χ4n) is 2.85. The number of hydrogen-bond donors (Lipinski definition) is 2. The van der Waals surface area contributed by atoms with Gasteiger partial charge in [-0.05, 0) is 47.8 Å². The molecule has 10 heteroatoms. The van der Waals surface area contributed by atoms with Crippen molar-refractivity contribution < 1.29 is 14.0 Å². The molecule has 31 heavy (non-hydrogen) atoms. The highest BCUT2D eigenvalue weighted by Gasteiger charge is 2.18. The van der Waals surface area contributed by atoms with Gasteiger partial charge >= 0.3 is 0 Å². The monoisotopic (exact) mass is 453 g/mol. The number of thioether (sulfide) groups is 1. The first kappa shape index (κ1) is 20.8. The fraction of sp³-hybridized carbons (Fsp3) is 0.0476. The van der Waals surface area contributed by atoms with Gasteiger partial charge in [-0.2, -0.15) is 0 Å². The van der Waals surface area contributed by atoms with E-state index in [9.17, 15) is 14.0 Å². The molecule has 7 nitrogen and oxygen atoms in total. The maximum absolute atomic E-state index is 13.4. The van der Waals surface area contributed by atoms with Crippen molar-refractivity contribution in [2.45, 2.75) is 5.16 Å². The van der Waals surface area contributed by atoms with Gasteiger partial charge in [-0.3, -0.25) is 14.2 Å². The summed E-state index contributed by atoms with van der Waals surface area (Å²) >= 11 is 2.42. The summed E-state index contributed by atoms with van der Waals surface area (Å²) in [6.45, 7) is 0. The summed E-state index contributed by atoms with van der Waals surface area (Å²) in [5.41, 5.74) is 7.09. The van der Waals surface area contributed by atoms with Gasteiger partial charge in [0.05, 0.1) is 11.3 Å². The molecule has 0 atom stereocenters. The zero-order valence-corrected chi connectivity index (χ0v) is 17.6. The minimum absolute atomic E-state index is 0.0461. The first-order valence-corrected chi connectivity index (χ1v) is 11.0. The predicted octanol–water partition coefficient (Wildman–Crippen LogP) is 3.96. The third-order valence-corrected chi connectivity index (χ3v) is 6.02. The highest BCUT2D eigenvalue weighted by Crippen LogP contribution is 2.29. The Morgan fingerprint density at radius 2 is 1.81 bits per heavy atom. The van der Waals surface area contributed by atoms with Crippen molar-refractivity contribution in [3.05, 3.63) is 77.4 Å². The van der Waals surface area contributed by atoms with Gasteiger partial charge in [0.1, 0.15) is 10.8 Å². The van der Waals surface area contributed by atoms with E-state index in [4.69, 9.17) is 5.73 Å². The molecule has 0 aliphatic carbocycles. The van der Waals surface area contributed by atoms with Crippen molar-refractivity contribution in [2.24, 2.45) is 5.73 Å². The minimum Gasteiger partial charge on any atom is -0.366 e. The van der Waals surface area contributed by atoms with Gasteiger partial charge in [0.2, 0.25) is 5.91 Å². The van der Waals surface area contributed by atoms with E-state index in [1.165, 1.54) is 35.2 Å². The number of rotatable bonds is 7. The number of benzene rings is 2. The summed E-state index contributed by atoms with van der Waals surface area (Å²) in [4.78, 5) is 23.9. The smallest absolute Gasteiger partial charge is 0.251 e. The Morgan fingerprint density at radius 3 is 2.52 bits per heavy atom. The average molecular weight is 454 g/mol. The molecule has 3 N–H and O–H groups in total. The van der Waals surface area contributed by atoms with Crippen LogP contribution in [0.4, 0.5) is 9.39 Å². The second kappa shape index (κ2) is 9.11. The standard InChI is InChI=1S/C21H16FN5O2S2/c22-14-8-6-13(7-9-14)19-25-26-21(27(19)15-4-2-1-3-5-15)31-12-17(28)24-20-16(18(23)29)10-11-30-20/h1-11H,12H2,(H2,23,29)(H,24,28). The molecule has 0 bridgehead atoms. The van der Waals surface area contributed by atoms with Gasteiger partial charge in [-0.1, -0.05) is 30.0 Å². The first-order valence-electron chi connectivity index (χ1n) is 9.09. The van der Waals surface area contributed by atoms with Crippen molar-refractivity contribution in [1.82, 2.24) is 14.8 Å². The van der Waals surface area contributed by atoms with Crippen molar-refractivity contribution in [3.63, 3.8) is 0 Å². The molecule has 2 aromatic heterocycles. The molecular formula is C21H16FN5O2S2. The number of primary amides is 1. The SMILES string of the molecule is NC(=O)c1ccsc1NC(=O)CSc1nnc(-c2ccc(F)cc2)n1-c1ccccc1. The zero-order valence-electron chi connectivity index (χ0n) is 16.0. The minimum atomic E-state index is -0.600. The molecule has 4 aromatic rings. The van der Waals surface area contributed by atoms with Gasteiger partial charge in [0.15, 0.2) is 11.0 Å². The van der Waals surface area contributed by atoms with Gasteiger partial charge in [-0.25, -0.2) is 4.39 Å². The largest absolute Gasteiger partial charge is 0.366 e. The molecule has 0 aliphatic heterocycles. The van der Waals surface area contributed by atoms with Crippen molar-refractivity contribution >= 4 is 39.9 Å². The maximum Gasteiger partial charge on any atom is 0.251 e. The van der Waals surface area contributed by atoms with E-state index in [1.54, 1.807) is 23.6 Å². The van der Waals surface area contributed by atoms with Crippen LogP contribution in [0.25, 0.3) is 17.1 Å². The van der Waals surface area contributed by atoms with E-state index in [2.05, 4.69) is 15.5 Å². The van der Waals surface area contributed by atoms with E-state index in [0.717, 1.165) is 5.69 Å². The highest BCUT2D eigenvalue weighted by atomic mass is 32.2. The van der Waals surface area contributed by atoms with Crippen molar-refractivity contribution in [3.8, 4) is 17.1 Å². The van der Waals surface area contributed by atoms with Gasteiger partial charge in [0.25, 0.3) is 5.91 Å². The van der Waals surface area contributed by atoms with E-state index >= 15 is 0 Å². The number of hydrogen-bond acceptors (Lipinski definition) is 6. The quantitative estimate of drug-likeness (QED) is 0.412. The molecule has 0 spiro atoms. The van der Waals surface area contributed by atoms with Crippen LogP contribution in [0.15, 0.2) is 71.2 Å². The number of halogens is 1. The van der Waals surface area contributed by atoms with Gasteiger partial charge < -0.3 is 11.1 Å². The summed E-state index contributed by atoms with van der Waals surface area (Å²) < 4.78 is 15.2. The molecule has 0 radical (unpaired) electrons. The van der Waals surface area contributed by atoms with E-state index in [-0.39, 0.29) is 23.0 Å². The molecule has 2 aromatic carbocycles. The predicted molar refractivity (Wildman–Crippen MR) is 119 cm³/mol. The number of nitrogens with two attached hydrogens (primary N) is 1. The Hall–Kier alpha value is -3.50. The van der Waals surface area contributed by atoms with Crippen molar-refractivity contribution in [2.75, 3.05) is 11.1 Å². The lowest BCUT2D eigenvalue weighted by molar-refractivity contribution is -0.113. The number of anilines is 1. The van der Waals surface area contributed by atoms with Gasteiger partial charge in [-0.15, -0.1) is 21.5 Å². The topological polar surface area (TPSA) is 103 Å². The van der Waals surface area contributed by atoms with E-state index in [1.807, 2.05) is 34.9 Å². The Kier molecular flexibility index (Phi) is 6.10. The molecule has 2 heterocycles. The second-order valence-corrected chi connectivity index (χ2v) is 8.21. The van der Waals surface area contributed by atoms with Crippen LogP contribution in [0.2, 0.25) is 0 Å². The van der Waals surface area contributed by atoms with Crippen molar-refractivity contribution in [1.29, 1.82) is 0 Å². The third kappa shape index (κ3) is 4.65. The molecule has 0 saturated heterocycles. The lowest BCUT2D eigenvalue weighted by Gasteiger charge is -2.10. The summed E-state index contributed by atoms with van der Waals surface area (Å²) in [6, 6.07) is 17.0. The Labute approximate surface area is 185 Å². The Balaban J connectivity index is 1.58. The molecule has 2 amide bonds. The number of thiophene rings is 1. The third-order valence-electron chi connectivity index (χ3n) is 4.27. The summed E-state index contributed by atoms with van der Waals surface area (Å²) in [5, 5.41) is 13.8. The molecule has 0 aliphatic rings. The second-order valence-electron chi connectivity index (χ2n) is 6.35. The van der Waals surface area contributed by atoms with Crippen LogP contribution in [0.5, 0.6) is 0 Å². The van der Waals surface area contributed by atoms with Crippen LogP contribution in [-0.2, 0) is 4.79 Å². The summed E-state index contributed by atoms with van der Waals surface area (Å²) in [5.74, 6) is -0.671. The maximum atomic E-state index is 13.4. The lowest BCUT2D eigenvalue weighted by atomic mass is 10.2. The number of nitrogens with zero attached hydrogens (tertiary/aromatic N) is 3. The summed E-state index contributed by atoms with van der Waals surface area (Å²) in [6.07, 6.45) is 0. The zero-order chi connectivity index (χ0) is 21.8. The lowest BCUT2D eigenvalue weighted by Crippen LogP contribution is -2.18. The Morgan fingerprint density at radius 1 is 1.06 bits per heavy atom. The number of nitrogens with one attached hydrogen (secondary N) is 1. The first-order chi connectivity index (χ1) is 15.0. The van der Waals surface area contributed by atoms with Crippen LogP contribution >= 0.6 is 23.1 Å². The van der Waals surface area contributed by atoms with Crippen LogP contribution in [-0.4, -0.2) is 32.3 Å². The molecule has 156 valence electrons. The molecule has 0 saturated carbocycles. The number of para-hydroxylation sites is 1. The molecule has 4 rings (SSSR count). The van der Waals surface area contributed by atoms with Crippen LogP contribution in [0.1, 0.15) is 10.4 Å². The average Bonchev–Trinajstić information content (AvgIpc) is 3.40. The molecular weight excluding hydrogens is 437 g/mol. The fourth-order valence-corrected chi connectivity index (χ4v) is 4.41. The van der Waals surface area contributed by atoms with E-state index < -0.39 is 5.91 Å². The van der Waals surface area contributed by atoms with Crippen LogP contribution in [0.3, 0.4) is 0 Å². The van der Waals surface area contributed by atoms with E-state index in [0.29, 0.717) is 21.5 Å². The number of carbonyl (C=O) groups is 2. The summed E-state index contributed by atoms with van der Waals surface area (Å²) in [7, 11) is 0.